The molecule has 1 fully saturated rings. The van der Waals surface area contributed by atoms with E-state index < -0.39 is 23.8 Å². The monoisotopic (exact) mass is 344 g/mol. The number of rotatable bonds is 6. The predicted molar refractivity (Wildman–Crippen MR) is 84.9 cm³/mol. The quantitative estimate of drug-likeness (QED) is 0.758. The highest BCUT2D eigenvalue weighted by atomic mass is 19.4. The molecule has 1 aromatic rings. The molecule has 1 atom stereocenters. The fourth-order valence-corrected chi connectivity index (χ4v) is 3.12. The zero-order valence-corrected chi connectivity index (χ0v) is 13.4. The summed E-state index contributed by atoms with van der Waals surface area (Å²) in [7, 11) is 0. The number of alkyl halides is 3. The summed E-state index contributed by atoms with van der Waals surface area (Å²) in [5.41, 5.74) is -0.734. The number of benzene rings is 1. The first-order chi connectivity index (χ1) is 11.4. The van der Waals surface area contributed by atoms with Crippen LogP contribution in [0.3, 0.4) is 0 Å². The molecule has 2 rings (SSSR count). The first kappa shape index (κ1) is 18.7. The Bertz CT molecular complexity index is 543. The lowest BCUT2D eigenvalue weighted by molar-refractivity contribution is -0.137. The van der Waals surface area contributed by atoms with E-state index in [1.165, 1.54) is 31.4 Å². The average Bonchev–Trinajstić information content (AvgIpc) is 2.56. The number of nitrogens with two attached hydrogens (primary N) is 1. The Morgan fingerprint density at radius 2 is 2.00 bits per heavy atom. The van der Waals surface area contributed by atoms with Gasteiger partial charge in [-0.1, -0.05) is 38.2 Å². The Morgan fingerprint density at radius 1 is 1.29 bits per heavy atom. The van der Waals surface area contributed by atoms with E-state index in [0.29, 0.717) is 12.3 Å². The van der Waals surface area contributed by atoms with Crippen molar-refractivity contribution in [1.29, 1.82) is 0 Å². The van der Waals surface area contributed by atoms with Crippen LogP contribution >= 0.6 is 0 Å². The van der Waals surface area contributed by atoms with Crippen molar-refractivity contribution in [3.63, 3.8) is 0 Å². The molecule has 4 nitrogen and oxygen atoms in total. The van der Waals surface area contributed by atoms with Crippen LogP contribution < -0.4 is 11.2 Å². The van der Waals surface area contributed by atoms with Crippen molar-refractivity contribution in [2.24, 2.45) is 11.8 Å². The van der Waals surface area contributed by atoms with E-state index in [1.807, 2.05) is 0 Å². The van der Waals surface area contributed by atoms with Crippen LogP contribution in [0.15, 0.2) is 24.3 Å². The normalized spacial score (nSPS) is 17.5. The molecule has 24 heavy (non-hydrogen) atoms. The summed E-state index contributed by atoms with van der Waals surface area (Å²) in [6.45, 7) is 0. The lowest BCUT2D eigenvalue weighted by atomic mass is 9.85. The maximum absolute atomic E-state index is 12.7. The van der Waals surface area contributed by atoms with E-state index in [9.17, 15) is 18.0 Å². The Morgan fingerprint density at radius 3 is 2.62 bits per heavy atom. The molecule has 1 saturated carbocycles. The summed E-state index contributed by atoms with van der Waals surface area (Å²) < 4.78 is 38.1. The zero-order valence-electron chi connectivity index (χ0n) is 13.4. The molecule has 0 bridgehead atoms. The fraction of sp³-hybridized carbons (Fsp3) is 0.588. The van der Waals surface area contributed by atoms with Gasteiger partial charge in [0.05, 0.1) is 5.56 Å². The summed E-state index contributed by atoms with van der Waals surface area (Å²) in [4.78, 5) is 16.9. The SMILES string of the molecule is NOC(CCC1CCCCC1)C(=O)Nc1cccc(C(F)(F)F)c1. The molecule has 3 N–H and O–H groups in total. The lowest BCUT2D eigenvalue weighted by Gasteiger charge is -2.23. The Balaban J connectivity index is 1.91. The van der Waals surface area contributed by atoms with Crippen LogP contribution in [-0.2, 0) is 15.8 Å². The summed E-state index contributed by atoms with van der Waals surface area (Å²) in [6, 6.07) is 4.50. The van der Waals surface area contributed by atoms with Crippen LogP contribution in [0.25, 0.3) is 0 Å². The largest absolute Gasteiger partial charge is 0.416 e. The smallest absolute Gasteiger partial charge is 0.324 e. The number of carbonyl (C=O) groups excluding carboxylic acids is 1. The summed E-state index contributed by atoms with van der Waals surface area (Å²) in [5.74, 6) is 5.25. The second-order valence-electron chi connectivity index (χ2n) is 6.27. The molecule has 1 aliphatic rings. The molecule has 1 aromatic carbocycles. The Labute approximate surface area is 139 Å². The molecule has 0 radical (unpaired) electrons. The van der Waals surface area contributed by atoms with Gasteiger partial charge in [-0.25, -0.2) is 5.90 Å². The van der Waals surface area contributed by atoms with E-state index in [4.69, 9.17) is 10.7 Å². The highest BCUT2D eigenvalue weighted by Gasteiger charge is 2.30. The number of anilines is 1. The van der Waals surface area contributed by atoms with Gasteiger partial charge in [0.2, 0.25) is 0 Å². The lowest BCUT2D eigenvalue weighted by Crippen LogP contribution is -2.33. The second kappa shape index (κ2) is 8.48. The highest BCUT2D eigenvalue weighted by Crippen LogP contribution is 2.31. The second-order valence-corrected chi connectivity index (χ2v) is 6.27. The third-order valence-electron chi connectivity index (χ3n) is 4.48. The molecule has 1 amide bonds. The van der Waals surface area contributed by atoms with Crippen LogP contribution in [-0.4, -0.2) is 12.0 Å². The van der Waals surface area contributed by atoms with Crippen molar-refractivity contribution < 1.29 is 22.8 Å². The van der Waals surface area contributed by atoms with Gasteiger partial charge >= 0.3 is 6.18 Å². The van der Waals surface area contributed by atoms with E-state index >= 15 is 0 Å². The minimum absolute atomic E-state index is 0.0783. The first-order valence-electron chi connectivity index (χ1n) is 8.24. The van der Waals surface area contributed by atoms with E-state index in [0.717, 1.165) is 31.4 Å². The van der Waals surface area contributed by atoms with E-state index in [1.54, 1.807) is 0 Å². The molecule has 0 spiro atoms. The standard InChI is InChI=1S/C17H23F3N2O2/c18-17(19,20)13-7-4-8-14(11-13)22-16(23)15(24-21)10-9-12-5-2-1-3-6-12/h4,7-8,11-12,15H,1-3,5-6,9-10,21H2,(H,22,23). The van der Waals surface area contributed by atoms with Gasteiger partial charge in [-0.2, -0.15) is 13.2 Å². The van der Waals surface area contributed by atoms with Crippen molar-refractivity contribution >= 4 is 11.6 Å². The van der Waals surface area contributed by atoms with Gasteiger partial charge in [0.15, 0.2) is 6.10 Å². The third-order valence-corrected chi connectivity index (χ3v) is 4.48. The van der Waals surface area contributed by atoms with Gasteiger partial charge in [-0.05, 0) is 37.0 Å². The zero-order chi connectivity index (χ0) is 17.6. The predicted octanol–water partition coefficient (Wildman–Crippen LogP) is 4.26. The highest BCUT2D eigenvalue weighted by molar-refractivity contribution is 5.94. The number of amides is 1. The molecule has 1 unspecified atom stereocenters. The Hall–Kier alpha value is -1.60. The average molecular weight is 344 g/mol. The van der Waals surface area contributed by atoms with Crippen LogP contribution in [0.4, 0.5) is 18.9 Å². The summed E-state index contributed by atoms with van der Waals surface area (Å²) in [5, 5.41) is 2.45. The molecular weight excluding hydrogens is 321 g/mol. The van der Waals surface area contributed by atoms with E-state index in [2.05, 4.69) is 5.32 Å². The van der Waals surface area contributed by atoms with Gasteiger partial charge in [-0.3, -0.25) is 9.63 Å². The fourth-order valence-electron chi connectivity index (χ4n) is 3.12. The van der Waals surface area contributed by atoms with Crippen molar-refractivity contribution in [2.45, 2.75) is 57.2 Å². The number of carbonyl (C=O) groups is 1. The maximum atomic E-state index is 12.7. The van der Waals surface area contributed by atoms with Crippen molar-refractivity contribution in [3.05, 3.63) is 29.8 Å². The van der Waals surface area contributed by atoms with Gasteiger partial charge in [0.1, 0.15) is 0 Å². The minimum Gasteiger partial charge on any atom is -0.324 e. The van der Waals surface area contributed by atoms with Crippen LogP contribution in [0.2, 0.25) is 0 Å². The molecular formula is C17H23F3N2O2. The molecule has 0 aromatic heterocycles. The van der Waals surface area contributed by atoms with Gasteiger partial charge in [0, 0.05) is 5.69 Å². The van der Waals surface area contributed by atoms with Gasteiger partial charge in [-0.15, -0.1) is 0 Å². The van der Waals surface area contributed by atoms with Gasteiger partial charge < -0.3 is 5.32 Å². The van der Waals surface area contributed by atoms with Crippen molar-refractivity contribution in [3.8, 4) is 0 Å². The number of hydrogen-bond acceptors (Lipinski definition) is 3. The Kier molecular flexibility index (Phi) is 6.62. The molecule has 0 saturated heterocycles. The molecule has 0 aliphatic heterocycles. The van der Waals surface area contributed by atoms with Crippen LogP contribution in [0, 0.1) is 5.92 Å². The van der Waals surface area contributed by atoms with Gasteiger partial charge in [0.25, 0.3) is 5.91 Å². The molecule has 7 heteroatoms. The van der Waals surface area contributed by atoms with Crippen LogP contribution in [0.5, 0.6) is 0 Å². The maximum Gasteiger partial charge on any atom is 0.416 e. The summed E-state index contributed by atoms with van der Waals surface area (Å²) in [6.07, 6.45) is 1.93. The van der Waals surface area contributed by atoms with Crippen molar-refractivity contribution in [1.82, 2.24) is 0 Å². The number of nitrogens with one attached hydrogen (secondary N) is 1. The van der Waals surface area contributed by atoms with Crippen LogP contribution in [0.1, 0.15) is 50.5 Å². The first-order valence-corrected chi connectivity index (χ1v) is 8.24. The molecule has 1 aliphatic carbocycles. The van der Waals surface area contributed by atoms with E-state index in [-0.39, 0.29) is 5.69 Å². The molecule has 0 heterocycles. The molecule has 134 valence electrons. The minimum atomic E-state index is -4.45. The topological polar surface area (TPSA) is 64.3 Å². The van der Waals surface area contributed by atoms with Crippen molar-refractivity contribution in [2.75, 3.05) is 5.32 Å². The number of hydrogen-bond donors (Lipinski definition) is 2. The summed E-state index contributed by atoms with van der Waals surface area (Å²) >= 11 is 0. The third kappa shape index (κ3) is 5.49. The number of halogens is 3.